The number of ether oxygens (including phenoxy) is 1. The third-order valence-electron chi connectivity index (χ3n) is 2.36. The number of anilines is 2. The van der Waals surface area contributed by atoms with Gasteiger partial charge in [0.15, 0.2) is 11.9 Å². The summed E-state index contributed by atoms with van der Waals surface area (Å²) in [6.45, 7) is 1.72. The lowest BCUT2D eigenvalue weighted by molar-refractivity contribution is -0.125. The summed E-state index contributed by atoms with van der Waals surface area (Å²) in [5, 5.41) is 0. The summed E-state index contributed by atoms with van der Waals surface area (Å²) in [4.78, 5) is 13.1. The molecule has 1 aromatic carbocycles. The molecule has 14 heavy (non-hydrogen) atoms. The SMILES string of the molecule is C[C@@H]1Oc2c(N)cccc2N(C)C1=O. The Bertz CT molecular complexity index is 390. The summed E-state index contributed by atoms with van der Waals surface area (Å²) in [5.41, 5.74) is 7.04. The molecule has 4 heteroatoms. The number of likely N-dealkylation sites (N-methyl/N-ethyl adjacent to an activating group) is 1. The Balaban J connectivity index is 2.56. The third kappa shape index (κ3) is 1.11. The van der Waals surface area contributed by atoms with Gasteiger partial charge >= 0.3 is 0 Å². The molecular weight excluding hydrogens is 180 g/mol. The number of carbonyl (C=O) groups excluding carboxylic acids is 1. The predicted molar refractivity (Wildman–Crippen MR) is 54.4 cm³/mol. The van der Waals surface area contributed by atoms with Gasteiger partial charge in [-0.25, -0.2) is 0 Å². The number of nitrogens with zero attached hydrogens (tertiary/aromatic N) is 1. The number of hydrogen-bond acceptors (Lipinski definition) is 3. The van der Waals surface area contributed by atoms with Crippen LogP contribution in [0.25, 0.3) is 0 Å². The van der Waals surface area contributed by atoms with Gasteiger partial charge in [0, 0.05) is 7.05 Å². The second-order valence-electron chi connectivity index (χ2n) is 3.35. The van der Waals surface area contributed by atoms with E-state index in [-0.39, 0.29) is 5.91 Å². The maximum Gasteiger partial charge on any atom is 0.267 e. The molecule has 1 heterocycles. The largest absolute Gasteiger partial charge is 0.477 e. The normalized spacial score (nSPS) is 20.3. The number of benzene rings is 1. The zero-order chi connectivity index (χ0) is 10.3. The van der Waals surface area contributed by atoms with Gasteiger partial charge in [0.25, 0.3) is 5.91 Å². The molecule has 0 unspecified atom stereocenters. The minimum absolute atomic E-state index is 0.0527. The van der Waals surface area contributed by atoms with Crippen LogP contribution in [-0.2, 0) is 4.79 Å². The maximum atomic E-state index is 11.6. The van der Waals surface area contributed by atoms with Gasteiger partial charge in [0.05, 0.1) is 11.4 Å². The topological polar surface area (TPSA) is 55.6 Å². The summed E-state index contributed by atoms with van der Waals surface area (Å²) >= 11 is 0. The second kappa shape index (κ2) is 2.90. The van der Waals surface area contributed by atoms with Crippen molar-refractivity contribution in [2.75, 3.05) is 17.7 Å². The van der Waals surface area contributed by atoms with Crippen LogP contribution in [0.3, 0.4) is 0 Å². The highest BCUT2D eigenvalue weighted by atomic mass is 16.5. The quantitative estimate of drug-likeness (QED) is 0.624. The van der Waals surface area contributed by atoms with Crippen molar-refractivity contribution in [3.63, 3.8) is 0 Å². The smallest absolute Gasteiger partial charge is 0.267 e. The van der Waals surface area contributed by atoms with Gasteiger partial charge in [-0.1, -0.05) is 6.07 Å². The molecule has 0 saturated heterocycles. The van der Waals surface area contributed by atoms with Gasteiger partial charge in [-0.3, -0.25) is 4.79 Å². The van der Waals surface area contributed by atoms with Crippen molar-refractivity contribution in [2.45, 2.75) is 13.0 Å². The van der Waals surface area contributed by atoms with E-state index >= 15 is 0 Å². The summed E-state index contributed by atoms with van der Waals surface area (Å²) in [6.07, 6.45) is -0.461. The van der Waals surface area contributed by atoms with E-state index in [2.05, 4.69) is 0 Å². The van der Waals surface area contributed by atoms with Crippen LogP contribution in [0.1, 0.15) is 6.92 Å². The van der Waals surface area contributed by atoms with E-state index in [1.165, 1.54) is 0 Å². The van der Waals surface area contributed by atoms with E-state index in [1.54, 1.807) is 31.0 Å². The van der Waals surface area contributed by atoms with Crippen LogP contribution in [0.15, 0.2) is 18.2 Å². The first-order chi connectivity index (χ1) is 6.61. The van der Waals surface area contributed by atoms with Crippen LogP contribution in [0.4, 0.5) is 11.4 Å². The minimum Gasteiger partial charge on any atom is -0.477 e. The highest BCUT2D eigenvalue weighted by Crippen LogP contribution is 2.37. The Hall–Kier alpha value is -1.71. The highest BCUT2D eigenvalue weighted by molar-refractivity contribution is 6.00. The molecule has 0 fully saturated rings. The van der Waals surface area contributed by atoms with Crippen LogP contribution in [-0.4, -0.2) is 19.1 Å². The van der Waals surface area contributed by atoms with Crippen molar-refractivity contribution in [1.82, 2.24) is 0 Å². The van der Waals surface area contributed by atoms with E-state index in [0.717, 1.165) is 5.69 Å². The molecule has 2 rings (SSSR count). The van der Waals surface area contributed by atoms with Crippen molar-refractivity contribution in [1.29, 1.82) is 0 Å². The molecule has 74 valence electrons. The minimum atomic E-state index is -0.461. The van der Waals surface area contributed by atoms with Crippen molar-refractivity contribution in [3.05, 3.63) is 18.2 Å². The van der Waals surface area contributed by atoms with E-state index in [9.17, 15) is 4.79 Å². The molecule has 0 aliphatic carbocycles. The lowest BCUT2D eigenvalue weighted by atomic mass is 10.2. The molecule has 0 radical (unpaired) electrons. The average molecular weight is 192 g/mol. The fourth-order valence-electron chi connectivity index (χ4n) is 1.55. The zero-order valence-electron chi connectivity index (χ0n) is 8.15. The first-order valence-electron chi connectivity index (χ1n) is 4.44. The summed E-state index contributed by atoms with van der Waals surface area (Å²) in [5.74, 6) is 0.546. The molecule has 1 aliphatic rings. The van der Waals surface area contributed by atoms with Crippen LogP contribution in [0.2, 0.25) is 0 Å². The third-order valence-corrected chi connectivity index (χ3v) is 2.36. The van der Waals surface area contributed by atoms with E-state index in [0.29, 0.717) is 11.4 Å². The Morgan fingerprint density at radius 1 is 1.50 bits per heavy atom. The van der Waals surface area contributed by atoms with Crippen molar-refractivity contribution >= 4 is 17.3 Å². The zero-order valence-corrected chi connectivity index (χ0v) is 8.15. The molecule has 1 amide bonds. The molecule has 1 aromatic rings. The maximum absolute atomic E-state index is 11.6. The lowest BCUT2D eigenvalue weighted by Crippen LogP contribution is -2.42. The number of nitrogens with two attached hydrogens (primary N) is 1. The number of fused-ring (bicyclic) bond motifs is 1. The molecule has 4 nitrogen and oxygen atoms in total. The highest BCUT2D eigenvalue weighted by Gasteiger charge is 2.29. The number of carbonyl (C=O) groups is 1. The van der Waals surface area contributed by atoms with E-state index < -0.39 is 6.10 Å². The van der Waals surface area contributed by atoms with Crippen LogP contribution < -0.4 is 15.4 Å². The van der Waals surface area contributed by atoms with E-state index in [4.69, 9.17) is 10.5 Å². The van der Waals surface area contributed by atoms with Gasteiger partial charge < -0.3 is 15.4 Å². The second-order valence-corrected chi connectivity index (χ2v) is 3.35. The van der Waals surface area contributed by atoms with Gasteiger partial charge in [-0.2, -0.15) is 0 Å². The van der Waals surface area contributed by atoms with Crippen LogP contribution >= 0.6 is 0 Å². The molecule has 0 aromatic heterocycles. The number of nitrogen functional groups attached to an aromatic ring is 1. The molecule has 0 saturated carbocycles. The first-order valence-corrected chi connectivity index (χ1v) is 4.44. The van der Waals surface area contributed by atoms with Crippen molar-refractivity contribution < 1.29 is 9.53 Å². The van der Waals surface area contributed by atoms with Gasteiger partial charge in [0.2, 0.25) is 0 Å². The predicted octanol–water partition coefficient (Wildman–Crippen LogP) is 1.01. The molecule has 2 N–H and O–H groups in total. The molecular formula is C10H12N2O2. The number of amides is 1. The van der Waals surface area contributed by atoms with Crippen molar-refractivity contribution in [3.8, 4) is 5.75 Å². The number of hydrogen-bond donors (Lipinski definition) is 1. The average Bonchev–Trinajstić information content (AvgIpc) is 2.17. The van der Waals surface area contributed by atoms with Crippen LogP contribution in [0, 0.1) is 0 Å². The standard InChI is InChI=1S/C10H12N2O2/c1-6-10(13)12(2)8-5-3-4-7(11)9(8)14-6/h3-6H,11H2,1-2H3/t6-/m0/s1. The summed E-state index contributed by atoms with van der Waals surface area (Å²) < 4.78 is 5.43. The Labute approximate surface area is 82.3 Å². The van der Waals surface area contributed by atoms with Crippen LogP contribution in [0.5, 0.6) is 5.75 Å². The van der Waals surface area contributed by atoms with E-state index in [1.807, 2.05) is 6.07 Å². The first kappa shape index (κ1) is 8.87. The Kier molecular flexibility index (Phi) is 1.84. The number of rotatable bonds is 0. The fourth-order valence-corrected chi connectivity index (χ4v) is 1.55. The molecule has 0 spiro atoms. The molecule has 1 atom stereocenters. The summed E-state index contributed by atoms with van der Waals surface area (Å²) in [6, 6.07) is 5.38. The van der Waals surface area contributed by atoms with Gasteiger partial charge in [-0.15, -0.1) is 0 Å². The van der Waals surface area contributed by atoms with Gasteiger partial charge in [-0.05, 0) is 19.1 Å². The fraction of sp³-hybridized carbons (Fsp3) is 0.300. The lowest BCUT2D eigenvalue weighted by Gasteiger charge is -2.30. The summed E-state index contributed by atoms with van der Waals surface area (Å²) in [7, 11) is 1.72. The molecule has 1 aliphatic heterocycles. The molecule has 0 bridgehead atoms. The Morgan fingerprint density at radius 3 is 2.93 bits per heavy atom. The van der Waals surface area contributed by atoms with Gasteiger partial charge in [0.1, 0.15) is 0 Å². The number of para-hydroxylation sites is 1. The Morgan fingerprint density at radius 2 is 2.21 bits per heavy atom. The van der Waals surface area contributed by atoms with Crippen molar-refractivity contribution in [2.24, 2.45) is 0 Å². The monoisotopic (exact) mass is 192 g/mol.